The minimum absolute atomic E-state index is 0.135. The molecule has 2 aromatic carbocycles. The fraction of sp³-hybridized carbons (Fsp3) is 0.0714. The molecule has 0 aliphatic carbocycles. The molecule has 0 bridgehead atoms. The van der Waals surface area contributed by atoms with E-state index in [0.717, 1.165) is 0 Å². The summed E-state index contributed by atoms with van der Waals surface area (Å²) in [7, 11) is 0. The Labute approximate surface area is 109 Å². The summed E-state index contributed by atoms with van der Waals surface area (Å²) >= 11 is 0. The SMILES string of the molecule is NC(=O)c1ccccc1OCc1ccc(F)cc1N. The molecule has 5 heteroatoms. The summed E-state index contributed by atoms with van der Waals surface area (Å²) in [4.78, 5) is 11.2. The number of nitrogen functional groups attached to an aromatic ring is 1. The molecule has 0 atom stereocenters. The summed E-state index contributed by atoms with van der Waals surface area (Å²) in [5, 5.41) is 0. The summed E-state index contributed by atoms with van der Waals surface area (Å²) in [5.41, 5.74) is 12.1. The molecule has 0 spiro atoms. The average Bonchev–Trinajstić information content (AvgIpc) is 2.38. The standard InChI is InChI=1S/C14H13FN2O2/c15-10-6-5-9(12(16)7-10)8-19-13-4-2-1-3-11(13)14(17)18/h1-7H,8,16H2,(H2,17,18). The Morgan fingerprint density at radius 2 is 1.95 bits per heavy atom. The summed E-state index contributed by atoms with van der Waals surface area (Å²) in [6.07, 6.45) is 0. The molecule has 0 aromatic heterocycles. The van der Waals surface area contributed by atoms with Crippen LogP contribution in [0, 0.1) is 5.82 Å². The molecule has 19 heavy (non-hydrogen) atoms. The molecule has 0 radical (unpaired) electrons. The van der Waals surface area contributed by atoms with Crippen molar-refractivity contribution in [1.82, 2.24) is 0 Å². The molecule has 0 fully saturated rings. The Hall–Kier alpha value is -2.56. The van der Waals surface area contributed by atoms with Gasteiger partial charge < -0.3 is 16.2 Å². The van der Waals surface area contributed by atoms with Crippen LogP contribution in [0.1, 0.15) is 15.9 Å². The van der Waals surface area contributed by atoms with E-state index in [1.165, 1.54) is 18.2 Å². The van der Waals surface area contributed by atoms with Gasteiger partial charge in [0.1, 0.15) is 18.2 Å². The average molecular weight is 260 g/mol. The fourth-order valence-corrected chi connectivity index (χ4v) is 1.65. The minimum atomic E-state index is -0.567. The predicted molar refractivity (Wildman–Crippen MR) is 70.1 cm³/mol. The third-order valence-corrected chi connectivity index (χ3v) is 2.64. The van der Waals surface area contributed by atoms with Gasteiger partial charge in [-0.15, -0.1) is 0 Å². The van der Waals surface area contributed by atoms with Crippen molar-refractivity contribution in [2.45, 2.75) is 6.61 Å². The van der Waals surface area contributed by atoms with E-state index in [-0.39, 0.29) is 6.61 Å². The van der Waals surface area contributed by atoms with Crippen LogP contribution in [-0.2, 0) is 6.61 Å². The number of benzene rings is 2. The van der Waals surface area contributed by atoms with Gasteiger partial charge in [0, 0.05) is 11.3 Å². The first-order valence-corrected chi connectivity index (χ1v) is 5.63. The second kappa shape index (κ2) is 5.39. The zero-order chi connectivity index (χ0) is 13.8. The van der Waals surface area contributed by atoms with E-state index in [4.69, 9.17) is 16.2 Å². The summed E-state index contributed by atoms with van der Waals surface area (Å²) < 4.78 is 18.4. The highest BCUT2D eigenvalue weighted by molar-refractivity contribution is 5.95. The van der Waals surface area contributed by atoms with Gasteiger partial charge in [0.25, 0.3) is 5.91 Å². The number of primary amides is 1. The molecule has 0 heterocycles. The summed E-state index contributed by atoms with van der Waals surface area (Å²) in [6, 6.07) is 10.7. The van der Waals surface area contributed by atoms with E-state index >= 15 is 0 Å². The lowest BCUT2D eigenvalue weighted by Crippen LogP contribution is -2.13. The van der Waals surface area contributed by atoms with Crippen molar-refractivity contribution >= 4 is 11.6 Å². The van der Waals surface area contributed by atoms with Crippen LogP contribution >= 0.6 is 0 Å². The number of halogens is 1. The van der Waals surface area contributed by atoms with Crippen molar-refractivity contribution in [2.75, 3.05) is 5.73 Å². The fourth-order valence-electron chi connectivity index (χ4n) is 1.65. The van der Waals surface area contributed by atoms with Crippen LogP contribution in [0.4, 0.5) is 10.1 Å². The van der Waals surface area contributed by atoms with Crippen molar-refractivity contribution in [3.63, 3.8) is 0 Å². The molecule has 0 saturated carbocycles. The van der Waals surface area contributed by atoms with Gasteiger partial charge in [-0.2, -0.15) is 0 Å². The van der Waals surface area contributed by atoms with Crippen LogP contribution in [0.15, 0.2) is 42.5 Å². The molecule has 98 valence electrons. The van der Waals surface area contributed by atoms with Crippen LogP contribution in [0.2, 0.25) is 0 Å². The lowest BCUT2D eigenvalue weighted by Gasteiger charge is -2.11. The molecule has 2 aromatic rings. The quantitative estimate of drug-likeness (QED) is 0.826. The van der Waals surface area contributed by atoms with Gasteiger partial charge in [0.15, 0.2) is 0 Å². The third kappa shape index (κ3) is 3.01. The number of carbonyl (C=O) groups is 1. The normalized spacial score (nSPS) is 10.2. The lowest BCUT2D eigenvalue weighted by atomic mass is 10.1. The number of nitrogens with two attached hydrogens (primary N) is 2. The van der Waals surface area contributed by atoms with Gasteiger partial charge in [0.2, 0.25) is 0 Å². The topological polar surface area (TPSA) is 78.3 Å². The second-order valence-electron chi connectivity index (χ2n) is 3.99. The third-order valence-electron chi connectivity index (χ3n) is 2.64. The number of para-hydroxylation sites is 1. The van der Waals surface area contributed by atoms with Crippen molar-refractivity contribution in [3.05, 3.63) is 59.4 Å². The number of hydrogen-bond donors (Lipinski definition) is 2. The van der Waals surface area contributed by atoms with Crippen molar-refractivity contribution in [3.8, 4) is 5.75 Å². The van der Waals surface area contributed by atoms with Crippen LogP contribution < -0.4 is 16.2 Å². The summed E-state index contributed by atoms with van der Waals surface area (Å²) in [5.74, 6) is -0.597. The van der Waals surface area contributed by atoms with Gasteiger partial charge in [-0.05, 0) is 24.3 Å². The number of hydrogen-bond acceptors (Lipinski definition) is 3. The highest BCUT2D eigenvalue weighted by Gasteiger charge is 2.09. The maximum absolute atomic E-state index is 12.9. The molecular formula is C14H13FN2O2. The number of anilines is 1. The highest BCUT2D eigenvalue weighted by atomic mass is 19.1. The Kier molecular flexibility index (Phi) is 3.66. The maximum atomic E-state index is 12.9. The van der Waals surface area contributed by atoms with E-state index in [0.29, 0.717) is 22.6 Å². The number of amides is 1. The Morgan fingerprint density at radius 3 is 2.63 bits per heavy atom. The lowest BCUT2D eigenvalue weighted by molar-refractivity contribution is 0.0996. The molecule has 2 rings (SSSR count). The zero-order valence-corrected chi connectivity index (χ0v) is 10.1. The van der Waals surface area contributed by atoms with Crippen molar-refractivity contribution in [2.24, 2.45) is 5.73 Å². The van der Waals surface area contributed by atoms with Crippen molar-refractivity contribution in [1.29, 1.82) is 0 Å². The van der Waals surface area contributed by atoms with Crippen LogP contribution in [0.3, 0.4) is 0 Å². The molecule has 0 aliphatic rings. The van der Waals surface area contributed by atoms with E-state index in [2.05, 4.69) is 0 Å². The number of ether oxygens (including phenoxy) is 1. The van der Waals surface area contributed by atoms with Crippen molar-refractivity contribution < 1.29 is 13.9 Å². The first kappa shape index (κ1) is 12.9. The molecule has 0 aliphatic heterocycles. The molecule has 1 amide bonds. The Morgan fingerprint density at radius 1 is 1.21 bits per heavy atom. The van der Waals surface area contributed by atoms with E-state index in [9.17, 15) is 9.18 Å². The molecular weight excluding hydrogens is 247 g/mol. The largest absolute Gasteiger partial charge is 0.488 e. The van der Waals surface area contributed by atoms with E-state index in [1.807, 2.05) is 0 Å². The molecule has 0 unspecified atom stereocenters. The van der Waals surface area contributed by atoms with Gasteiger partial charge >= 0.3 is 0 Å². The van der Waals surface area contributed by atoms with Crippen LogP contribution in [0.5, 0.6) is 5.75 Å². The predicted octanol–water partition coefficient (Wildman–Crippen LogP) is 2.09. The molecule has 0 saturated heterocycles. The summed E-state index contributed by atoms with van der Waals surface area (Å²) in [6.45, 7) is 0.135. The highest BCUT2D eigenvalue weighted by Crippen LogP contribution is 2.21. The molecule has 4 N–H and O–H groups in total. The first-order valence-electron chi connectivity index (χ1n) is 5.63. The Bertz CT molecular complexity index is 614. The van der Waals surface area contributed by atoms with E-state index in [1.54, 1.807) is 24.3 Å². The molecule has 4 nitrogen and oxygen atoms in total. The second-order valence-corrected chi connectivity index (χ2v) is 3.99. The maximum Gasteiger partial charge on any atom is 0.252 e. The minimum Gasteiger partial charge on any atom is -0.488 e. The van der Waals surface area contributed by atoms with Crippen LogP contribution in [-0.4, -0.2) is 5.91 Å². The van der Waals surface area contributed by atoms with Gasteiger partial charge in [-0.25, -0.2) is 4.39 Å². The van der Waals surface area contributed by atoms with E-state index < -0.39 is 11.7 Å². The van der Waals surface area contributed by atoms with Gasteiger partial charge in [-0.3, -0.25) is 4.79 Å². The number of rotatable bonds is 4. The first-order chi connectivity index (χ1) is 9.08. The Balaban J connectivity index is 2.17. The van der Waals surface area contributed by atoms with Gasteiger partial charge in [-0.1, -0.05) is 18.2 Å². The van der Waals surface area contributed by atoms with Crippen LogP contribution in [0.25, 0.3) is 0 Å². The van der Waals surface area contributed by atoms with Gasteiger partial charge in [0.05, 0.1) is 5.56 Å². The smallest absolute Gasteiger partial charge is 0.252 e. The number of carbonyl (C=O) groups excluding carboxylic acids is 1. The zero-order valence-electron chi connectivity index (χ0n) is 10.1. The monoisotopic (exact) mass is 260 g/mol.